The van der Waals surface area contributed by atoms with Crippen LogP contribution >= 0.6 is 0 Å². The number of rotatable bonds is 6. The van der Waals surface area contributed by atoms with Gasteiger partial charge in [0.25, 0.3) is 0 Å². The third-order valence-electron chi connectivity index (χ3n) is 3.71. The molecule has 1 aromatic carbocycles. The minimum Gasteiger partial charge on any atom is -0.369 e. The number of primary sulfonamides is 1. The molecule has 1 aliphatic heterocycles. The van der Waals surface area contributed by atoms with E-state index in [-0.39, 0.29) is 10.8 Å². The number of nitrogens with zero attached hydrogens (tertiary/aromatic N) is 2. The standard InChI is InChI=1S/C15H22N4O3S/c1-2-7-17-15(20)12-18-8-10-19(11-9-18)13-3-5-14(6-4-13)23(16,21)22/h2-6H,1,7-12H2,(H,17,20)(H2,16,21,22). The number of amides is 1. The highest BCUT2D eigenvalue weighted by Gasteiger charge is 2.19. The zero-order chi connectivity index (χ0) is 16.9. The predicted octanol–water partition coefficient (Wildman–Crippen LogP) is -0.242. The van der Waals surface area contributed by atoms with Crippen molar-refractivity contribution in [1.82, 2.24) is 10.2 Å². The van der Waals surface area contributed by atoms with Crippen LogP contribution in [0, 0.1) is 0 Å². The molecule has 0 spiro atoms. The molecule has 0 radical (unpaired) electrons. The summed E-state index contributed by atoms with van der Waals surface area (Å²) in [5.41, 5.74) is 0.952. The first-order valence-corrected chi connectivity index (χ1v) is 8.92. The zero-order valence-corrected chi connectivity index (χ0v) is 13.8. The highest BCUT2D eigenvalue weighted by molar-refractivity contribution is 7.89. The SMILES string of the molecule is C=CCNC(=O)CN1CCN(c2ccc(S(N)(=O)=O)cc2)CC1. The van der Waals surface area contributed by atoms with Crippen LogP contribution in [-0.2, 0) is 14.8 Å². The lowest BCUT2D eigenvalue weighted by Crippen LogP contribution is -2.49. The largest absolute Gasteiger partial charge is 0.369 e. The van der Waals surface area contributed by atoms with Crippen LogP contribution in [0.4, 0.5) is 5.69 Å². The smallest absolute Gasteiger partial charge is 0.238 e. The molecule has 126 valence electrons. The summed E-state index contributed by atoms with van der Waals surface area (Å²) in [4.78, 5) is 16.0. The Morgan fingerprint density at radius 2 is 1.83 bits per heavy atom. The van der Waals surface area contributed by atoms with Crippen molar-refractivity contribution < 1.29 is 13.2 Å². The minimum absolute atomic E-state index is 0.00384. The lowest BCUT2D eigenvalue weighted by atomic mass is 10.2. The van der Waals surface area contributed by atoms with E-state index in [0.717, 1.165) is 31.9 Å². The number of piperazine rings is 1. The normalized spacial score (nSPS) is 16.1. The highest BCUT2D eigenvalue weighted by Crippen LogP contribution is 2.18. The molecule has 0 unspecified atom stereocenters. The van der Waals surface area contributed by atoms with Gasteiger partial charge in [0.2, 0.25) is 15.9 Å². The summed E-state index contributed by atoms with van der Waals surface area (Å²) in [7, 11) is -3.66. The van der Waals surface area contributed by atoms with Crippen LogP contribution in [0.25, 0.3) is 0 Å². The maximum absolute atomic E-state index is 11.7. The molecule has 0 atom stereocenters. The Balaban J connectivity index is 1.87. The minimum atomic E-state index is -3.66. The van der Waals surface area contributed by atoms with Gasteiger partial charge in [-0.3, -0.25) is 9.69 Å². The van der Waals surface area contributed by atoms with E-state index in [1.54, 1.807) is 18.2 Å². The molecule has 23 heavy (non-hydrogen) atoms. The van der Waals surface area contributed by atoms with Crippen molar-refractivity contribution in [2.24, 2.45) is 5.14 Å². The van der Waals surface area contributed by atoms with Crippen LogP contribution in [0.5, 0.6) is 0 Å². The van der Waals surface area contributed by atoms with E-state index in [4.69, 9.17) is 5.14 Å². The lowest BCUT2D eigenvalue weighted by molar-refractivity contribution is -0.122. The maximum Gasteiger partial charge on any atom is 0.238 e. The number of benzene rings is 1. The average Bonchev–Trinajstić information content (AvgIpc) is 2.53. The Bertz CT molecular complexity index is 650. The van der Waals surface area contributed by atoms with Crippen molar-refractivity contribution in [1.29, 1.82) is 0 Å². The molecule has 1 saturated heterocycles. The zero-order valence-electron chi connectivity index (χ0n) is 12.9. The number of carbonyl (C=O) groups is 1. The van der Waals surface area contributed by atoms with Crippen molar-refractivity contribution in [3.8, 4) is 0 Å². The van der Waals surface area contributed by atoms with E-state index in [2.05, 4.69) is 21.7 Å². The average molecular weight is 338 g/mol. The Morgan fingerprint density at radius 1 is 1.22 bits per heavy atom. The first kappa shape index (κ1) is 17.5. The van der Waals surface area contributed by atoms with Crippen LogP contribution < -0.4 is 15.4 Å². The van der Waals surface area contributed by atoms with Gasteiger partial charge in [-0.1, -0.05) is 6.08 Å². The number of carbonyl (C=O) groups excluding carboxylic acids is 1. The van der Waals surface area contributed by atoms with E-state index in [0.29, 0.717) is 13.1 Å². The molecule has 1 fully saturated rings. The number of hydrogen-bond donors (Lipinski definition) is 2. The molecule has 0 bridgehead atoms. The maximum atomic E-state index is 11.7. The summed E-state index contributed by atoms with van der Waals surface area (Å²) in [6.07, 6.45) is 1.65. The molecular formula is C15H22N4O3S. The van der Waals surface area contributed by atoms with E-state index >= 15 is 0 Å². The molecule has 2 rings (SSSR count). The topological polar surface area (TPSA) is 95.7 Å². The molecule has 7 nitrogen and oxygen atoms in total. The first-order chi connectivity index (χ1) is 10.9. The van der Waals surface area contributed by atoms with Gasteiger partial charge in [-0.25, -0.2) is 13.6 Å². The molecule has 0 aliphatic carbocycles. The number of anilines is 1. The fraction of sp³-hybridized carbons (Fsp3) is 0.400. The summed E-state index contributed by atoms with van der Waals surface area (Å²) in [6.45, 7) is 7.54. The van der Waals surface area contributed by atoms with Crippen molar-refractivity contribution in [2.45, 2.75) is 4.90 Å². The molecule has 1 aliphatic rings. The summed E-state index contributed by atoms with van der Waals surface area (Å²) in [5.74, 6) is -0.00384. The van der Waals surface area contributed by atoms with Gasteiger partial charge in [-0.15, -0.1) is 6.58 Å². The van der Waals surface area contributed by atoms with Gasteiger partial charge in [-0.05, 0) is 24.3 Å². The van der Waals surface area contributed by atoms with Crippen LogP contribution in [0.2, 0.25) is 0 Å². The summed E-state index contributed by atoms with van der Waals surface area (Å²) >= 11 is 0. The summed E-state index contributed by atoms with van der Waals surface area (Å²) in [5, 5.41) is 7.85. The van der Waals surface area contributed by atoms with Crippen molar-refractivity contribution >= 4 is 21.6 Å². The van der Waals surface area contributed by atoms with E-state index < -0.39 is 10.0 Å². The van der Waals surface area contributed by atoms with Crippen molar-refractivity contribution in [3.63, 3.8) is 0 Å². The van der Waals surface area contributed by atoms with Crippen LogP contribution in [0.15, 0.2) is 41.8 Å². The highest BCUT2D eigenvalue weighted by atomic mass is 32.2. The van der Waals surface area contributed by atoms with Gasteiger partial charge in [0, 0.05) is 38.4 Å². The Hall–Kier alpha value is -1.90. The van der Waals surface area contributed by atoms with Crippen molar-refractivity contribution in [2.75, 3.05) is 44.2 Å². The molecule has 0 saturated carbocycles. The van der Waals surface area contributed by atoms with Crippen LogP contribution in [0.3, 0.4) is 0 Å². The van der Waals surface area contributed by atoms with Gasteiger partial charge >= 0.3 is 0 Å². The predicted molar refractivity (Wildman–Crippen MR) is 89.7 cm³/mol. The first-order valence-electron chi connectivity index (χ1n) is 7.38. The van der Waals surface area contributed by atoms with Gasteiger partial charge in [0.05, 0.1) is 11.4 Å². The molecule has 3 N–H and O–H groups in total. The fourth-order valence-corrected chi connectivity index (χ4v) is 2.97. The second-order valence-corrected chi connectivity index (χ2v) is 6.96. The Morgan fingerprint density at radius 3 is 2.35 bits per heavy atom. The third-order valence-corrected chi connectivity index (χ3v) is 4.64. The Kier molecular flexibility index (Phi) is 5.75. The van der Waals surface area contributed by atoms with Crippen LogP contribution in [0.1, 0.15) is 0 Å². The van der Waals surface area contributed by atoms with Crippen LogP contribution in [-0.4, -0.2) is 58.5 Å². The number of sulfonamides is 1. The quantitative estimate of drug-likeness (QED) is 0.698. The van der Waals surface area contributed by atoms with Crippen molar-refractivity contribution in [3.05, 3.63) is 36.9 Å². The van der Waals surface area contributed by atoms with E-state index in [1.165, 1.54) is 12.1 Å². The fourth-order valence-electron chi connectivity index (χ4n) is 2.46. The second kappa shape index (κ2) is 7.58. The molecule has 8 heteroatoms. The third kappa shape index (κ3) is 5.05. The van der Waals surface area contributed by atoms with E-state index in [1.807, 2.05) is 0 Å². The van der Waals surface area contributed by atoms with E-state index in [9.17, 15) is 13.2 Å². The lowest BCUT2D eigenvalue weighted by Gasteiger charge is -2.35. The molecule has 0 aromatic heterocycles. The summed E-state index contributed by atoms with van der Waals surface area (Å²) in [6, 6.07) is 6.54. The molecule has 1 heterocycles. The van der Waals surface area contributed by atoms with Gasteiger partial charge < -0.3 is 10.2 Å². The summed E-state index contributed by atoms with van der Waals surface area (Å²) < 4.78 is 22.5. The monoisotopic (exact) mass is 338 g/mol. The molecule has 1 amide bonds. The Labute approximate surface area is 136 Å². The number of nitrogens with two attached hydrogens (primary N) is 1. The molecular weight excluding hydrogens is 316 g/mol. The molecule has 1 aromatic rings. The van der Waals surface area contributed by atoms with Gasteiger partial charge in [0.1, 0.15) is 0 Å². The second-order valence-electron chi connectivity index (χ2n) is 5.39. The van der Waals surface area contributed by atoms with Gasteiger partial charge in [0.15, 0.2) is 0 Å². The number of nitrogens with one attached hydrogen (secondary N) is 1. The van der Waals surface area contributed by atoms with Gasteiger partial charge in [-0.2, -0.15) is 0 Å². The number of hydrogen-bond acceptors (Lipinski definition) is 5.